The maximum absolute atomic E-state index is 8.88. The molecule has 106 valence electrons. The fourth-order valence-corrected chi connectivity index (χ4v) is 4.50. The Morgan fingerprint density at radius 2 is 1.00 bits per heavy atom. The summed E-state index contributed by atoms with van der Waals surface area (Å²) in [5.41, 5.74) is 0. The summed E-state index contributed by atoms with van der Waals surface area (Å²) in [6.07, 6.45) is 5.93. The molecule has 0 aliphatic rings. The van der Waals surface area contributed by atoms with Crippen molar-refractivity contribution in [1.82, 2.24) is 0 Å². The molecule has 0 aliphatic carbocycles. The van der Waals surface area contributed by atoms with Crippen molar-refractivity contribution < 1.29 is 23.9 Å². The number of hydrogen-bond acceptors (Lipinski definition) is 1. The van der Waals surface area contributed by atoms with Crippen LogP contribution in [-0.2, 0) is 4.57 Å². The molecule has 4 nitrogen and oxygen atoms in total. The Hall–Kier alpha value is 0.760. The second-order valence-electron chi connectivity index (χ2n) is 3.43. The molecule has 0 heterocycles. The first-order valence-electron chi connectivity index (χ1n) is 5.03. The van der Waals surface area contributed by atoms with Gasteiger partial charge >= 0.3 is 67.4 Å². The van der Waals surface area contributed by atoms with Crippen LogP contribution in [0.5, 0.6) is 0 Å². The molecule has 0 unspecified atom stereocenters. The molecule has 0 amide bonds. The van der Waals surface area contributed by atoms with Crippen LogP contribution >= 0.6 is 27.5 Å². The number of rotatable bonds is 4. The summed E-state index contributed by atoms with van der Waals surface area (Å²) in [5, 5.41) is 0. The van der Waals surface area contributed by atoms with Crippen LogP contribution in [0.25, 0.3) is 0 Å². The molecule has 0 aromatic rings. The first-order chi connectivity index (χ1) is 6.24. The predicted molar refractivity (Wildman–Crippen MR) is 74.5 cm³/mol. The van der Waals surface area contributed by atoms with Crippen molar-refractivity contribution >= 4 is 27.5 Å². The van der Waals surface area contributed by atoms with E-state index in [-0.39, 0.29) is 17.1 Å². The molecule has 0 aliphatic heterocycles. The molecule has 0 saturated carbocycles. The summed E-state index contributed by atoms with van der Waals surface area (Å²) >= 11 is 0. The zero-order valence-electron chi connectivity index (χ0n) is 10.3. The summed E-state index contributed by atoms with van der Waals surface area (Å²) in [6.45, 7) is 9.46. The Balaban J connectivity index is -0.0000000904. The van der Waals surface area contributed by atoms with Gasteiger partial charge in [-0.2, -0.15) is 0 Å². The van der Waals surface area contributed by atoms with Crippen LogP contribution in [0.4, 0.5) is 4.70 Å². The van der Waals surface area contributed by atoms with Crippen LogP contribution in [-0.4, -0.2) is 39.3 Å². The van der Waals surface area contributed by atoms with Crippen LogP contribution < -0.4 is 0 Å². The van der Waals surface area contributed by atoms with E-state index in [2.05, 4.69) is 27.7 Å². The van der Waals surface area contributed by atoms with E-state index in [4.69, 9.17) is 19.2 Å². The first kappa shape index (κ1) is 25.6. The van der Waals surface area contributed by atoms with E-state index in [1.807, 2.05) is 0 Å². The van der Waals surface area contributed by atoms with E-state index in [0.29, 0.717) is 0 Å². The summed E-state index contributed by atoms with van der Waals surface area (Å²) in [6, 6.07) is 0. The standard InChI is InChI=1S/C8H21P.ClH.FH.H3O4P/c1-5-9(6-2,7-3)8-4;;;1-5(2,3)4/h9H,5-8H2,1-4H3;2*1H;(H3,1,2,3,4). The Kier molecular flexibility index (Phi) is 19.5. The minimum absolute atomic E-state index is 0. The molecule has 0 spiro atoms. The fourth-order valence-electron chi connectivity index (χ4n) is 1.50. The predicted octanol–water partition coefficient (Wildman–Crippen LogP) is 2.46. The fraction of sp³-hybridized carbons (Fsp3) is 1.00. The molecule has 0 radical (unpaired) electrons. The van der Waals surface area contributed by atoms with Crippen molar-refractivity contribution in [2.75, 3.05) is 24.6 Å². The van der Waals surface area contributed by atoms with Crippen molar-refractivity contribution in [3.63, 3.8) is 0 Å². The Bertz CT molecular complexity index is 159. The van der Waals surface area contributed by atoms with Gasteiger partial charge in [0.25, 0.3) is 0 Å². The second kappa shape index (κ2) is 12.2. The minimum Gasteiger partial charge on any atom is -0.303 e. The zero-order valence-corrected chi connectivity index (χ0v) is 13.1. The largest absolute Gasteiger partial charge is 0.466 e. The number of hydrogen-bond donors (Lipinski definition) is 3. The topological polar surface area (TPSA) is 77.8 Å². The van der Waals surface area contributed by atoms with Gasteiger partial charge in [0.05, 0.1) is 0 Å². The Morgan fingerprint density at radius 3 is 1.00 bits per heavy atom. The van der Waals surface area contributed by atoms with Crippen LogP contribution in [0.1, 0.15) is 27.7 Å². The van der Waals surface area contributed by atoms with Crippen molar-refractivity contribution in [2.45, 2.75) is 27.7 Å². The van der Waals surface area contributed by atoms with Crippen molar-refractivity contribution in [2.24, 2.45) is 0 Å². The van der Waals surface area contributed by atoms with Gasteiger partial charge in [-0.25, -0.2) is 4.57 Å². The Labute approximate surface area is 104 Å². The third-order valence-corrected chi connectivity index (χ3v) is 9.00. The zero-order chi connectivity index (χ0) is 11.8. The normalized spacial score (nSPS) is 11.4. The van der Waals surface area contributed by atoms with Crippen molar-refractivity contribution in [3.05, 3.63) is 0 Å². The minimum atomic E-state index is -4.64. The van der Waals surface area contributed by atoms with Gasteiger partial charge in [0, 0.05) is 0 Å². The van der Waals surface area contributed by atoms with Gasteiger partial charge in [0.15, 0.2) is 0 Å². The molecule has 0 atom stereocenters. The van der Waals surface area contributed by atoms with Crippen molar-refractivity contribution in [1.29, 1.82) is 0 Å². The maximum Gasteiger partial charge on any atom is 0.466 e. The molecule has 3 N–H and O–H groups in total. The monoisotopic (exact) mass is 302 g/mol. The van der Waals surface area contributed by atoms with Gasteiger partial charge in [-0.3, -0.25) is 4.70 Å². The molecule has 0 fully saturated rings. The summed E-state index contributed by atoms with van der Waals surface area (Å²) in [5.74, 6) is 0. The van der Waals surface area contributed by atoms with Crippen LogP contribution in [0.3, 0.4) is 0 Å². The second-order valence-corrected chi connectivity index (χ2v) is 10.3. The molecule has 0 bridgehead atoms. The maximum atomic E-state index is 8.88. The summed E-state index contributed by atoms with van der Waals surface area (Å²) in [7, 11) is -5.33. The van der Waals surface area contributed by atoms with Gasteiger partial charge < -0.3 is 14.7 Å². The van der Waals surface area contributed by atoms with Gasteiger partial charge in [-0.05, 0) is 0 Å². The van der Waals surface area contributed by atoms with Crippen LogP contribution in [0, 0.1) is 0 Å². The van der Waals surface area contributed by atoms with Crippen LogP contribution in [0.2, 0.25) is 0 Å². The summed E-state index contributed by atoms with van der Waals surface area (Å²) < 4.78 is 8.88. The molecule has 16 heavy (non-hydrogen) atoms. The van der Waals surface area contributed by atoms with Gasteiger partial charge in [0.2, 0.25) is 0 Å². The van der Waals surface area contributed by atoms with E-state index in [1.54, 1.807) is 0 Å². The van der Waals surface area contributed by atoms with E-state index < -0.39 is 15.1 Å². The molecule has 0 aromatic heterocycles. The molecule has 0 aromatic carbocycles. The quantitative estimate of drug-likeness (QED) is 0.697. The molecular formula is C8H26ClFO4P2. The van der Waals surface area contributed by atoms with Crippen molar-refractivity contribution in [3.8, 4) is 0 Å². The number of phosphoric acid groups is 1. The van der Waals surface area contributed by atoms with E-state index >= 15 is 0 Å². The Morgan fingerprint density at radius 1 is 0.875 bits per heavy atom. The average molecular weight is 303 g/mol. The number of halogens is 2. The van der Waals surface area contributed by atoms with Gasteiger partial charge in [-0.15, -0.1) is 12.4 Å². The average Bonchev–Trinajstić information content (AvgIpc) is 2.07. The van der Waals surface area contributed by atoms with Gasteiger partial charge in [0.1, 0.15) is 0 Å². The first-order valence-corrected chi connectivity index (χ1v) is 9.42. The van der Waals surface area contributed by atoms with Crippen LogP contribution in [0.15, 0.2) is 0 Å². The molecular weight excluding hydrogens is 276 g/mol. The molecule has 0 saturated heterocycles. The smallest absolute Gasteiger partial charge is 0.303 e. The van der Waals surface area contributed by atoms with E-state index in [9.17, 15) is 0 Å². The van der Waals surface area contributed by atoms with Gasteiger partial charge in [-0.1, -0.05) is 0 Å². The molecule has 8 heteroatoms. The third kappa shape index (κ3) is 17.2. The third-order valence-electron chi connectivity index (χ3n) is 3.00. The molecule has 0 rings (SSSR count). The SMILES string of the molecule is CC[PH](CC)(CC)CC.Cl.F.O=P(O)(O)O. The van der Waals surface area contributed by atoms with E-state index in [0.717, 1.165) is 0 Å². The summed E-state index contributed by atoms with van der Waals surface area (Å²) in [4.78, 5) is 21.6. The van der Waals surface area contributed by atoms with E-state index in [1.165, 1.54) is 24.6 Å².